The zero-order valence-electron chi connectivity index (χ0n) is 12.3. The van der Waals surface area contributed by atoms with Crippen LogP contribution in [0.5, 0.6) is 0 Å². The molecule has 23 heavy (non-hydrogen) atoms. The molecule has 2 aromatic rings. The van der Waals surface area contributed by atoms with Crippen molar-refractivity contribution in [3.8, 4) is 0 Å². The minimum Gasteiger partial charge on any atom is -0.342 e. The molecule has 0 radical (unpaired) electrons. The topological polar surface area (TPSA) is 104 Å². The van der Waals surface area contributed by atoms with Crippen LogP contribution in [0.4, 0.5) is 0 Å². The molecule has 0 bridgehead atoms. The van der Waals surface area contributed by atoms with Crippen LogP contribution in [0, 0.1) is 0 Å². The van der Waals surface area contributed by atoms with E-state index in [0.717, 1.165) is 5.56 Å². The molecule has 124 valence electrons. The second kappa shape index (κ2) is 6.36. The molecule has 8 nitrogen and oxygen atoms in total. The first-order valence-electron chi connectivity index (χ1n) is 7.12. The molecule has 2 heterocycles. The molecule has 1 aromatic carbocycles. The van der Waals surface area contributed by atoms with Gasteiger partial charge in [0.05, 0.1) is 18.5 Å². The van der Waals surface area contributed by atoms with Crippen LogP contribution in [-0.4, -0.2) is 46.2 Å². The molecule has 1 aliphatic heterocycles. The molecule has 1 fully saturated rings. The number of nitrogens with zero attached hydrogens (tertiary/aromatic N) is 3. The van der Waals surface area contributed by atoms with Gasteiger partial charge in [0.2, 0.25) is 5.79 Å². The number of rotatable bonds is 6. The van der Waals surface area contributed by atoms with E-state index in [4.69, 9.17) is 14.0 Å². The summed E-state index contributed by atoms with van der Waals surface area (Å²) in [6.45, 7) is 0.526. The van der Waals surface area contributed by atoms with E-state index in [1.54, 1.807) is 11.0 Å². The average Bonchev–Trinajstić information content (AvgIpc) is 3.16. The van der Waals surface area contributed by atoms with Crippen LogP contribution < -0.4 is 0 Å². The van der Waals surface area contributed by atoms with E-state index in [-0.39, 0.29) is 18.8 Å². The van der Waals surface area contributed by atoms with Crippen LogP contribution in [0.2, 0.25) is 0 Å². The average molecular weight is 339 g/mol. The van der Waals surface area contributed by atoms with Gasteiger partial charge in [-0.1, -0.05) is 30.3 Å². The van der Waals surface area contributed by atoms with Crippen molar-refractivity contribution in [3.05, 3.63) is 48.5 Å². The summed E-state index contributed by atoms with van der Waals surface area (Å²) < 4.78 is 44.2. The number of benzene rings is 1. The Balaban J connectivity index is 1.80. The van der Waals surface area contributed by atoms with E-state index >= 15 is 0 Å². The monoisotopic (exact) mass is 339 g/mol. The Morgan fingerprint density at radius 2 is 2.13 bits per heavy atom. The van der Waals surface area contributed by atoms with Gasteiger partial charge in [-0.3, -0.25) is 4.55 Å². The Labute approximate surface area is 133 Å². The van der Waals surface area contributed by atoms with Crippen molar-refractivity contribution in [2.75, 3.05) is 12.4 Å². The highest BCUT2D eigenvalue weighted by atomic mass is 32.2. The third-order valence-electron chi connectivity index (χ3n) is 3.61. The first-order chi connectivity index (χ1) is 11.0. The standard InChI is InChI=1S/C14H17N3O5S/c18-23(19,20)7-6-13-8-21-14(22-13,9-17-11-15-10-16-17)12-4-2-1-3-5-12/h1-5,10-11,13H,6-9H2,(H,18,19,20). The Hall–Kier alpha value is -1.81. The summed E-state index contributed by atoms with van der Waals surface area (Å²) in [5, 5.41) is 4.07. The van der Waals surface area contributed by atoms with Crippen molar-refractivity contribution in [3.63, 3.8) is 0 Å². The zero-order valence-corrected chi connectivity index (χ0v) is 13.1. The van der Waals surface area contributed by atoms with Crippen LogP contribution in [-0.2, 0) is 31.9 Å². The Morgan fingerprint density at radius 1 is 1.35 bits per heavy atom. The third kappa shape index (κ3) is 3.94. The molecule has 0 aliphatic carbocycles. The molecule has 0 spiro atoms. The summed E-state index contributed by atoms with van der Waals surface area (Å²) in [7, 11) is -4.03. The first-order valence-corrected chi connectivity index (χ1v) is 8.73. The largest absolute Gasteiger partial charge is 0.342 e. The normalized spacial score (nSPS) is 24.8. The lowest BCUT2D eigenvalue weighted by Gasteiger charge is -2.28. The molecular formula is C14H17N3O5S. The molecule has 2 atom stereocenters. The van der Waals surface area contributed by atoms with Crippen molar-refractivity contribution < 1.29 is 22.4 Å². The molecule has 1 N–H and O–H groups in total. The number of hydrogen-bond donors (Lipinski definition) is 1. The highest BCUT2D eigenvalue weighted by Crippen LogP contribution is 2.36. The Kier molecular flexibility index (Phi) is 4.44. The van der Waals surface area contributed by atoms with Crippen molar-refractivity contribution >= 4 is 10.1 Å². The predicted octanol–water partition coefficient (Wildman–Crippen LogP) is 0.824. The lowest BCUT2D eigenvalue weighted by molar-refractivity contribution is -0.188. The zero-order chi connectivity index (χ0) is 16.3. The van der Waals surface area contributed by atoms with Gasteiger partial charge in [-0.25, -0.2) is 9.67 Å². The SMILES string of the molecule is O=S(=O)(O)CCC1COC(Cn2cncn2)(c2ccccc2)O1. The first kappa shape index (κ1) is 16.1. The predicted molar refractivity (Wildman–Crippen MR) is 80.0 cm³/mol. The number of hydrogen-bond acceptors (Lipinski definition) is 6. The smallest absolute Gasteiger partial charge is 0.264 e. The molecular weight excluding hydrogens is 322 g/mol. The fraction of sp³-hybridized carbons (Fsp3) is 0.429. The molecule has 1 aromatic heterocycles. The van der Waals surface area contributed by atoms with Gasteiger partial charge in [0, 0.05) is 5.56 Å². The van der Waals surface area contributed by atoms with Crippen LogP contribution in [0.15, 0.2) is 43.0 Å². The van der Waals surface area contributed by atoms with Gasteiger partial charge in [0.1, 0.15) is 19.2 Å². The number of ether oxygens (including phenoxy) is 2. The summed E-state index contributed by atoms with van der Waals surface area (Å²) in [6.07, 6.45) is 2.71. The Morgan fingerprint density at radius 3 is 2.78 bits per heavy atom. The second-order valence-electron chi connectivity index (χ2n) is 5.34. The summed E-state index contributed by atoms with van der Waals surface area (Å²) in [5.74, 6) is -1.42. The summed E-state index contributed by atoms with van der Waals surface area (Å²) in [5.41, 5.74) is 0.810. The van der Waals surface area contributed by atoms with E-state index in [1.165, 1.54) is 6.33 Å². The van der Waals surface area contributed by atoms with Gasteiger partial charge in [0.25, 0.3) is 10.1 Å². The van der Waals surface area contributed by atoms with Crippen molar-refractivity contribution in [2.45, 2.75) is 24.9 Å². The lowest BCUT2D eigenvalue weighted by Crippen LogP contribution is -2.34. The van der Waals surface area contributed by atoms with Crippen LogP contribution >= 0.6 is 0 Å². The van der Waals surface area contributed by atoms with Crippen molar-refractivity contribution in [1.82, 2.24) is 14.8 Å². The molecule has 0 saturated carbocycles. The quantitative estimate of drug-likeness (QED) is 0.777. The van der Waals surface area contributed by atoms with E-state index in [9.17, 15) is 8.42 Å². The molecule has 3 rings (SSSR count). The Bertz CT molecular complexity index is 735. The van der Waals surface area contributed by atoms with E-state index in [2.05, 4.69) is 10.1 Å². The highest BCUT2D eigenvalue weighted by Gasteiger charge is 2.44. The minimum absolute atomic E-state index is 0.158. The molecule has 9 heteroatoms. The fourth-order valence-electron chi connectivity index (χ4n) is 2.53. The van der Waals surface area contributed by atoms with Crippen LogP contribution in [0.25, 0.3) is 0 Å². The van der Waals surface area contributed by atoms with Crippen LogP contribution in [0.3, 0.4) is 0 Å². The maximum absolute atomic E-state index is 10.9. The number of aromatic nitrogens is 3. The van der Waals surface area contributed by atoms with Gasteiger partial charge < -0.3 is 9.47 Å². The maximum atomic E-state index is 10.9. The maximum Gasteiger partial charge on any atom is 0.264 e. The van der Waals surface area contributed by atoms with Crippen molar-refractivity contribution in [2.24, 2.45) is 0 Å². The second-order valence-corrected chi connectivity index (χ2v) is 6.91. The molecule has 1 saturated heterocycles. The van der Waals surface area contributed by atoms with E-state index < -0.39 is 22.0 Å². The summed E-state index contributed by atoms with van der Waals surface area (Å²) in [6, 6.07) is 9.38. The minimum atomic E-state index is -4.03. The highest BCUT2D eigenvalue weighted by molar-refractivity contribution is 7.85. The van der Waals surface area contributed by atoms with E-state index in [1.807, 2.05) is 30.3 Å². The van der Waals surface area contributed by atoms with Gasteiger partial charge in [0.15, 0.2) is 0 Å². The van der Waals surface area contributed by atoms with Gasteiger partial charge in [-0.15, -0.1) is 0 Å². The third-order valence-corrected chi connectivity index (χ3v) is 4.36. The molecule has 0 amide bonds. The van der Waals surface area contributed by atoms with E-state index in [0.29, 0.717) is 6.54 Å². The summed E-state index contributed by atoms with van der Waals surface area (Å²) in [4.78, 5) is 3.91. The van der Waals surface area contributed by atoms with Crippen LogP contribution in [0.1, 0.15) is 12.0 Å². The molecule has 1 aliphatic rings. The summed E-state index contributed by atoms with van der Waals surface area (Å²) >= 11 is 0. The van der Waals surface area contributed by atoms with Crippen molar-refractivity contribution in [1.29, 1.82) is 0 Å². The fourth-order valence-corrected chi connectivity index (χ4v) is 3.09. The van der Waals surface area contributed by atoms with Gasteiger partial charge >= 0.3 is 0 Å². The van der Waals surface area contributed by atoms with Gasteiger partial charge in [-0.2, -0.15) is 13.5 Å². The van der Waals surface area contributed by atoms with Gasteiger partial charge in [-0.05, 0) is 6.42 Å². The molecule has 2 unspecified atom stereocenters. The lowest BCUT2D eigenvalue weighted by atomic mass is 10.1.